The van der Waals surface area contributed by atoms with Crippen LogP contribution in [0.2, 0.25) is 0 Å². The minimum absolute atomic E-state index is 0. The second-order valence-electron chi connectivity index (χ2n) is 1.65. The molecule has 5 heteroatoms. The van der Waals surface area contributed by atoms with Crippen LogP contribution in [0, 0.1) is 0 Å². The van der Waals surface area contributed by atoms with Crippen LogP contribution in [0.1, 0.15) is 6.42 Å². The first-order valence-electron chi connectivity index (χ1n) is 2.68. The zero-order chi connectivity index (χ0) is 5.82. The molecule has 1 rings (SSSR count). The second kappa shape index (κ2) is 4.58. The molecule has 0 aromatic heterocycles. The highest BCUT2D eigenvalue weighted by molar-refractivity contribution is 8.93. The molecule has 0 bridgehead atoms. The lowest BCUT2D eigenvalue weighted by atomic mass is 10.4. The van der Waals surface area contributed by atoms with Crippen LogP contribution in [0.3, 0.4) is 0 Å². The molecule has 0 radical (unpaired) electrons. The second-order valence-corrected chi connectivity index (χ2v) is 1.65. The van der Waals surface area contributed by atoms with E-state index in [2.05, 4.69) is 15.7 Å². The summed E-state index contributed by atoms with van der Waals surface area (Å²) in [5.74, 6) is 5.76. The Labute approximate surface area is 64.6 Å². The molecule has 0 aliphatic carbocycles. The van der Waals surface area contributed by atoms with Crippen molar-refractivity contribution in [1.82, 2.24) is 10.7 Å². The molecular formula is C4H11BrN4. The smallest absolute Gasteiger partial charge is 0.205 e. The molecule has 0 spiro atoms. The molecule has 0 amide bonds. The van der Waals surface area contributed by atoms with E-state index >= 15 is 0 Å². The van der Waals surface area contributed by atoms with Crippen molar-refractivity contribution in [2.24, 2.45) is 10.8 Å². The Balaban J connectivity index is 0.000000640. The molecule has 1 heterocycles. The van der Waals surface area contributed by atoms with Crippen molar-refractivity contribution < 1.29 is 0 Å². The number of halogens is 1. The van der Waals surface area contributed by atoms with Gasteiger partial charge in [-0.1, -0.05) is 0 Å². The lowest BCUT2D eigenvalue weighted by Crippen LogP contribution is -2.44. The quantitative estimate of drug-likeness (QED) is 0.356. The van der Waals surface area contributed by atoms with E-state index in [4.69, 9.17) is 5.84 Å². The molecule has 54 valence electrons. The lowest BCUT2D eigenvalue weighted by Gasteiger charge is -2.12. The number of hydrogen-bond donors (Lipinski definition) is 3. The highest BCUT2D eigenvalue weighted by Crippen LogP contribution is 1.84. The van der Waals surface area contributed by atoms with Gasteiger partial charge in [-0.25, -0.2) is 5.84 Å². The number of hydrazine groups is 1. The van der Waals surface area contributed by atoms with E-state index in [1.807, 2.05) is 0 Å². The van der Waals surface area contributed by atoms with Crippen molar-refractivity contribution in [3.63, 3.8) is 0 Å². The highest BCUT2D eigenvalue weighted by Gasteiger charge is 1.98. The van der Waals surface area contributed by atoms with E-state index in [9.17, 15) is 0 Å². The van der Waals surface area contributed by atoms with Gasteiger partial charge in [0.2, 0.25) is 5.96 Å². The first kappa shape index (κ1) is 8.71. The summed E-state index contributed by atoms with van der Waals surface area (Å²) >= 11 is 0. The fourth-order valence-corrected chi connectivity index (χ4v) is 0.629. The molecule has 1 aliphatic heterocycles. The van der Waals surface area contributed by atoms with E-state index in [1.165, 1.54) is 0 Å². The molecule has 4 N–H and O–H groups in total. The largest absolute Gasteiger partial charge is 0.355 e. The van der Waals surface area contributed by atoms with Gasteiger partial charge in [0.1, 0.15) is 0 Å². The number of guanidine groups is 1. The first-order valence-corrected chi connectivity index (χ1v) is 2.68. The third-order valence-electron chi connectivity index (χ3n) is 1.03. The molecule has 0 saturated carbocycles. The molecule has 4 nitrogen and oxygen atoms in total. The fraction of sp³-hybridized carbons (Fsp3) is 0.750. The lowest BCUT2D eigenvalue weighted by molar-refractivity contribution is 0.711. The van der Waals surface area contributed by atoms with Gasteiger partial charge in [0, 0.05) is 13.1 Å². The van der Waals surface area contributed by atoms with E-state index < -0.39 is 0 Å². The molecular weight excluding hydrogens is 184 g/mol. The Morgan fingerprint density at radius 3 is 2.78 bits per heavy atom. The Morgan fingerprint density at radius 1 is 1.67 bits per heavy atom. The van der Waals surface area contributed by atoms with Crippen molar-refractivity contribution in [3.05, 3.63) is 0 Å². The van der Waals surface area contributed by atoms with Gasteiger partial charge < -0.3 is 5.32 Å². The summed E-state index contributed by atoms with van der Waals surface area (Å²) in [6.45, 7) is 1.86. The van der Waals surface area contributed by atoms with E-state index in [-0.39, 0.29) is 17.0 Å². The van der Waals surface area contributed by atoms with E-state index in [0.717, 1.165) is 19.5 Å². The van der Waals surface area contributed by atoms with Gasteiger partial charge in [-0.05, 0) is 6.42 Å². The van der Waals surface area contributed by atoms with Crippen LogP contribution in [0.15, 0.2) is 4.99 Å². The van der Waals surface area contributed by atoms with Gasteiger partial charge >= 0.3 is 0 Å². The van der Waals surface area contributed by atoms with E-state index in [1.54, 1.807) is 0 Å². The summed E-state index contributed by atoms with van der Waals surface area (Å²) in [6, 6.07) is 0. The maximum atomic E-state index is 5.06. The third-order valence-corrected chi connectivity index (χ3v) is 1.03. The number of hydrogen-bond acceptors (Lipinski definition) is 4. The van der Waals surface area contributed by atoms with Crippen LogP contribution < -0.4 is 16.6 Å². The first-order chi connectivity index (χ1) is 3.93. The minimum atomic E-state index is 0. The van der Waals surface area contributed by atoms with E-state index in [0.29, 0.717) is 5.96 Å². The molecule has 0 atom stereocenters. The van der Waals surface area contributed by atoms with Crippen LogP contribution in [0.25, 0.3) is 0 Å². The Hall–Kier alpha value is -0.290. The SMILES string of the molecule is Br.NNC1=NCCCN1. The average molecular weight is 195 g/mol. The normalized spacial score (nSPS) is 16.8. The van der Waals surface area contributed by atoms with Gasteiger partial charge in [0.25, 0.3) is 0 Å². The van der Waals surface area contributed by atoms with Crippen LogP contribution in [-0.2, 0) is 0 Å². The fourth-order valence-electron chi connectivity index (χ4n) is 0.629. The van der Waals surface area contributed by atoms with Crippen LogP contribution in [0.4, 0.5) is 0 Å². The number of nitrogens with zero attached hydrogens (tertiary/aromatic N) is 1. The molecule has 1 aliphatic rings. The van der Waals surface area contributed by atoms with Gasteiger partial charge in [0.05, 0.1) is 0 Å². The molecule has 0 fully saturated rings. The monoisotopic (exact) mass is 194 g/mol. The maximum absolute atomic E-state index is 5.06. The summed E-state index contributed by atoms with van der Waals surface area (Å²) in [4.78, 5) is 4.02. The summed E-state index contributed by atoms with van der Waals surface area (Å²) in [6.07, 6.45) is 1.10. The average Bonchev–Trinajstić information content (AvgIpc) is 1.90. The summed E-state index contributed by atoms with van der Waals surface area (Å²) in [5.41, 5.74) is 2.44. The zero-order valence-corrected chi connectivity index (χ0v) is 6.77. The highest BCUT2D eigenvalue weighted by atomic mass is 79.9. The topological polar surface area (TPSA) is 62.4 Å². The molecule has 9 heavy (non-hydrogen) atoms. The third kappa shape index (κ3) is 2.67. The molecule has 0 saturated heterocycles. The minimum Gasteiger partial charge on any atom is -0.355 e. The standard InChI is InChI=1S/C4H10N4.BrH/c5-8-4-6-2-1-3-7-4;/h1-3,5H2,(H2,6,7,8);1H. The van der Waals surface area contributed by atoms with Gasteiger partial charge in [-0.2, -0.15) is 0 Å². The number of aliphatic imine (C=N–C) groups is 1. The number of nitrogens with one attached hydrogen (secondary N) is 2. The molecule has 0 unspecified atom stereocenters. The zero-order valence-electron chi connectivity index (χ0n) is 5.05. The predicted octanol–water partition coefficient (Wildman–Crippen LogP) is -0.623. The Morgan fingerprint density at radius 2 is 2.44 bits per heavy atom. The van der Waals surface area contributed by atoms with Crippen LogP contribution in [-0.4, -0.2) is 19.0 Å². The Bertz CT molecular complexity index is 103. The predicted molar refractivity (Wildman–Crippen MR) is 42.6 cm³/mol. The van der Waals surface area contributed by atoms with Crippen LogP contribution >= 0.6 is 17.0 Å². The maximum Gasteiger partial charge on any atom is 0.205 e. The van der Waals surface area contributed by atoms with Crippen molar-refractivity contribution in [2.75, 3.05) is 13.1 Å². The van der Waals surface area contributed by atoms with Gasteiger partial charge in [-0.15, -0.1) is 17.0 Å². The summed E-state index contributed by atoms with van der Waals surface area (Å²) in [7, 11) is 0. The summed E-state index contributed by atoms with van der Waals surface area (Å²) < 4.78 is 0. The number of nitrogens with two attached hydrogens (primary N) is 1. The van der Waals surface area contributed by atoms with Crippen LogP contribution in [0.5, 0.6) is 0 Å². The van der Waals surface area contributed by atoms with Crippen molar-refractivity contribution >= 4 is 22.9 Å². The van der Waals surface area contributed by atoms with Crippen molar-refractivity contribution in [3.8, 4) is 0 Å². The van der Waals surface area contributed by atoms with Crippen molar-refractivity contribution in [2.45, 2.75) is 6.42 Å². The van der Waals surface area contributed by atoms with Crippen molar-refractivity contribution in [1.29, 1.82) is 0 Å². The number of rotatable bonds is 0. The van der Waals surface area contributed by atoms with Gasteiger partial charge in [0.15, 0.2) is 0 Å². The molecule has 0 aromatic rings. The Kier molecular flexibility index (Phi) is 4.43. The van der Waals surface area contributed by atoms with Gasteiger partial charge in [-0.3, -0.25) is 10.4 Å². The molecule has 0 aromatic carbocycles. The summed E-state index contributed by atoms with van der Waals surface area (Å²) in [5, 5.41) is 2.98.